The second-order valence-electron chi connectivity index (χ2n) is 3.37. The van der Waals surface area contributed by atoms with E-state index in [1.807, 2.05) is 0 Å². The van der Waals surface area contributed by atoms with Gasteiger partial charge in [-0.2, -0.15) is 9.49 Å². The lowest BCUT2D eigenvalue weighted by molar-refractivity contribution is 0.601. The van der Waals surface area contributed by atoms with Gasteiger partial charge in [0.25, 0.3) is 5.56 Å². The Labute approximate surface area is 93.8 Å². The maximum absolute atomic E-state index is 12.8. The minimum Gasteiger partial charge on any atom is -0.304 e. The zero-order valence-electron chi connectivity index (χ0n) is 8.46. The molecular weight excluding hydrogens is 225 g/mol. The van der Waals surface area contributed by atoms with Gasteiger partial charge in [0.05, 0.1) is 29.7 Å². The number of hydrogen-bond donors (Lipinski definition) is 1. The first-order chi connectivity index (χ1) is 8.25. The molecule has 84 valence electrons. The van der Waals surface area contributed by atoms with Crippen LogP contribution in [0.3, 0.4) is 0 Å². The van der Waals surface area contributed by atoms with Crippen molar-refractivity contribution in [3.8, 4) is 11.4 Å². The highest BCUT2D eigenvalue weighted by Gasteiger charge is 2.09. The third kappa shape index (κ3) is 1.48. The maximum Gasteiger partial charge on any atom is 0.287 e. The number of nitrogens with zero attached hydrogens (tertiary/aromatic N) is 4. The number of aromatic amines is 1. The molecule has 3 heterocycles. The number of hydrogen-bond acceptors (Lipinski definition) is 4. The number of rotatable bonds is 1. The zero-order chi connectivity index (χ0) is 11.8. The highest BCUT2D eigenvalue weighted by molar-refractivity contribution is 5.74. The molecule has 0 aromatic carbocycles. The van der Waals surface area contributed by atoms with E-state index < -0.39 is 11.4 Å². The third-order valence-electron chi connectivity index (χ3n) is 2.34. The SMILES string of the molecule is O=c1[nH]c(-c2cnn3ccncc23)ncc1F. The summed E-state index contributed by atoms with van der Waals surface area (Å²) in [5.41, 5.74) is 0.468. The van der Waals surface area contributed by atoms with Crippen LogP contribution in [0.1, 0.15) is 0 Å². The molecule has 17 heavy (non-hydrogen) atoms. The van der Waals surface area contributed by atoms with Crippen LogP contribution in [-0.4, -0.2) is 24.6 Å². The predicted octanol–water partition coefficient (Wildman–Crippen LogP) is 0.619. The van der Waals surface area contributed by atoms with Crippen LogP contribution in [0, 0.1) is 5.82 Å². The summed E-state index contributed by atoms with van der Waals surface area (Å²) < 4.78 is 14.4. The molecule has 0 aliphatic carbocycles. The number of nitrogens with one attached hydrogen (secondary N) is 1. The lowest BCUT2D eigenvalue weighted by Crippen LogP contribution is -2.12. The Balaban J connectivity index is 2.27. The third-order valence-corrected chi connectivity index (χ3v) is 2.34. The first-order valence-electron chi connectivity index (χ1n) is 4.78. The van der Waals surface area contributed by atoms with Gasteiger partial charge in [0.1, 0.15) is 5.82 Å². The number of halogens is 1. The second-order valence-corrected chi connectivity index (χ2v) is 3.37. The highest BCUT2D eigenvalue weighted by atomic mass is 19.1. The van der Waals surface area contributed by atoms with Gasteiger partial charge in [-0.25, -0.2) is 9.50 Å². The fourth-order valence-corrected chi connectivity index (χ4v) is 1.53. The van der Waals surface area contributed by atoms with Crippen LogP contribution in [-0.2, 0) is 0 Å². The largest absolute Gasteiger partial charge is 0.304 e. The topological polar surface area (TPSA) is 75.9 Å². The first-order valence-corrected chi connectivity index (χ1v) is 4.78. The Kier molecular flexibility index (Phi) is 1.97. The summed E-state index contributed by atoms with van der Waals surface area (Å²) in [6.45, 7) is 0. The molecule has 0 aliphatic rings. The molecule has 0 aliphatic heterocycles. The fraction of sp³-hybridized carbons (Fsp3) is 0. The van der Waals surface area contributed by atoms with Gasteiger partial charge in [-0.1, -0.05) is 0 Å². The van der Waals surface area contributed by atoms with Crippen molar-refractivity contribution in [1.29, 1.82) is 0 Å². The molecule has 0 unspecified atom stereocenters. The molecule has 0 amide bonds. The molecule has 0 fully saturated rings. The molecular formula is C10H6FN5O. The van der Waals surface area contributed by atoms with E-state index in [1.54, 1.807) is 23.1 Å². The number of aromatic nitrogens is 5. The molecule has 0 radical (unpaired) electrons. The second kappa shape index (κ2) is 3.48. The fourth-order valence-electron chi connectivity index (χ4n) is 1.53. The van der Waals surface area contributed by atoms with Crippen LogP contribution < -0.4 is 5.56 Å². The standard InChI is InChI=1S/C10H6FN5O/c11-7-4-13-9(15-10(7)17)6-3-14-16-2-1-12-5-8(6)16/h1-5H,(H,13,15,17). The molecule has 6 nitrogen and oxygen atoms in total. The van der Waals surface area contributed by atoms with Gasteiger partial charge in [-0.3, -0.25) is 9.78 Å². The highest BCUT2D eigenvalue weighted by Crippen LogP contribution is 2.18. The maximum atomic E-state index is 12.8. The molecule has 0 saturated carbocycles. The van der Waals surface area contributed by atoms with Gasteiger partial charge in [0.15, 0.2) is 0 Å². The van der Waals surface area contributed by atoms with Crippen LogP contribution in [0.2, 0.25) is 0 Å². The van der Waals surface area contributed by atoms with E-state index in [2.05, 4.69) is 20.1 Å². The Hall–Kier alpha value is -2.57. The molecule has 3 aromatic heterocycles. The van der Waals surface area contributed by atoms with Crippen LogP contribution in [0.25, 0.3) is 16.9 Å². The van der Waals surface area contributed by atoms with Gasteiger partial charge >= 0.3 is 0 Å². The molecule has 0 spiro atoms. The summed E-state index contributed by atoms with van der Waals surface area (Å²) in [6.07, 6.45) is 7.26. The molecule has 0 saturated heterocycles. The lowest BCUT2D eigenvalue weighted by Gasteiger charge is -1.97. The van der Waals surface area contributed by atoms with Crippen molar-refractivity contribution >= 4 is 5.52 Å². The van der Waals surface area contributed by atoms with Crippen molar-refractivity contribution < 1.29 is 4.39 Å². The summed E-state index contributed by atoms with van der Waals surface area (Å²) in [5, 5.41) is 4.07. The van der Waals surface area contributed by atoms with E-state index in [9.17, 15) is 9.18 Å². The molecule has 0 atom stereocenters. The van der Waals surface area contributed by atoms with E-state index in [-0.39, 0.29) is 5.82 Å². The smallest absolute Gasteiger partial charge is 0.287 e. The minimum atomic E-state index is -0.914. The zero-order valence-corrected chi connectivity index (χ0v) is 8.46. The normalized spacial score (nSPS) is 10.9. The molecule has 7 heteroatoms. The van der Waals surface area contributed by atoms with Gasteiger partial charge in [-0.15, -0.1) is 0 Å². The molecule has 3 aromatic rings. The van der Waals surface area contributed by atoms with Crippen LogP contribution in [0.15, 0.2) is 35.8 Å². The Morgan fingerprint density at radius 1 is 1.29 bits per heavy atom. The molecule has 1 N–H and O–H groups in total. The summed E-state index contributed by atoms with van der Waals surface area (Å²) in [7, 11) is 0. The van der Waals surface area contributed by atoms with Gasteiger partial charge in [0.2, 0.25) is 5.82 Å². The summed E-state index contributed by atoms with van der Waals surface area (Å²) >= 11 is 0. The monoisotopic (exact) mass is 231 g/mol. The average Bonchev–Trinajstić information content (AvgIpc) is 2.76. The van der Waals surface area contributed by atoms with E-state index in [4.69, 9.17) is 0 Å². The molecule has 3 rings (SSSR count). The Morgan fingerprint density at radius 2 is 2.18 bits per heavy atom. The van der Waals surface area contributed by atoms with Crippen molar-refractivity contribution in [3.63, 3.8) is 0 Å². The van der Waals surface area contributed by atoms with E-state index in [1.165, 1.54) is 6.20 Å². The van der Waals surface area contributed by atoms with Crippen molar-refractivity contribution in [2.45, 2.75) is 0 Å². The van der Waals surface area contributed by atoms with E-state index in [0.717, 1.165) is 6.20 Å². The molecule has 0 bridgehead atoms. The quantitative estimate of drug-likeness (QED) is 0.666. The predicted molar refractivity (Wildman–Crippen MR) is 56.8 cm³/mol. The Bertz CT molecular complexity index is 748. The van der Waals surface area contributed by atoms with E-state index >= 15 is 0 Å². The lowest BCUT2D eigenvalue weighted by atomic mass is 10.3. The average molecular weight is 231 g/mol. The first kappa shape index (κ1) is 9.64. The van der Waals surface area contributed by atoms with Crippen molar-refractivity contribution in [2.24, 2.45) is 0 Å². The van der Waals surface area contributed by atoms with Crippen LogP contribution in [0.4, 0.5) is 4.39 Å². The van der Waals surface area contributed by atoms with Crippen molar-refractivity contribution in [1.82, 2.24) is 24.6 Å². The minimum absolute atomic E-state index is 0.263. The summed E-state index contributed by atoms with van der Waals surface area (Å²) in [5.74, 6) is -0.650. The number of H-pyrrole nitrogens is 1. The summed E-state index contributed by atoms with van der Waals surface area (Å²) in [4.78, 5) is 21.3. The van der Waals surface area contributed by atoms with Crippen molar-refractivity contribution in [3.05, 3.63) is 47.2 Å². The van der Waals surface area contributed by atoms with E-state index in [0.29, 0.717) is 11.1 Å². The Morgan fingerprint density at radius 3 is 3.00 bits per heavy atom. The van der Waals surface area contributed by atoms with Crippen LogP contribution in [0.5, 0.6) is 0 Å². The van der Waals surface area contributed by atoms with Gasteiger partial charge in [-0.05, 0) is 0 Å². The van der Waals surface area contributed by atoms with Crippen LogP contribution >= 0.6 is 0 Å². The van der Waals surface area contributed by atoms with Gasteiger partial charge < -0.3 is 4.98 Å². The van der Waals surface area contributed by atoms with Gasteiger partial charge in [0, 0.05) is 12.4 Å². The number of fused-ring (bicyclic) bond motifs is 1. The summed E-state index contributed by atoms with van der Waals surface area (Å²) in [6, 6.07) is 0. The van der Waals surface area contributed by atoms with Crippen molar-refractivity contribution in [2.75, 3.05) is 0 Å².